The van der Waals surface area contributed by atoms with E-state index in [0.717, 1.165) is 37.4 Å². The van der Waals surface area contributed by atoms with Crippen LogP contribution in [0.2, 0.25) is 0 Å². The number of ether oxygens (including phenoxy) is 1. The van der Waals surface area contributed by atoms with Crippen LogP contribution in [0.5, 0.6) is 5.75 Å². The zero-order chi connectivity index (χ0) is 14.5. The third-order valence-corrected chi connectivity index (χ3v) is 3.94. The van der Waals surface area contributed by atoms with Crippen molar-refractivity contribution in [1.29, 1.82) is 0 Å². The summed E-state index contributed by atoms with van der Waals surface area (Å²) in [5, 5.41) is 3.29. The summed E-state index contributed by atoms with van der Waals surface area (Å²) in [6.45, 7) is 3.83. The van der Waals surface area contributed by atoms with Crippen molar-refractivity contribution >= 4 is 0 Å². The SMILES string of the molecule is CCNCc1cc(OC2CCCc3ccccc32)ccn1. The highest BCUT2D eigenvalue weighted by atomic mass is 16.5. The van der Waals surface area contributed by atoms with Gasteiger partial charge in [0, 0.05) is 18.8 Å². The second-order valence-electron chi connectivity index (χ2n) is 5.46. The molecule has 110 valence electrons. The van der Waals surface area contributed by atoms with Gasteiger partial charge < -0.3 is 10.1 Å². The van der Waals surface area contributed by atoms with E-state index in [1.165, 1.54) is 17.5 Å². The topological polar surface area (TPSA) is 34.1 Å². The van der Waals surface area contributed by atoms with Crippen molar-refractivity contribution < 1.29 is 4.74 Å². The highest BCUT2D eigenvalue weighted by molar-refractivity contribution is 5.33. The fourth-order valence-electron chi connectivity index (χ4n) is 2.88. The lowest BCUT2D eigenvalue weighted by molar-refractivity contribution is 0.183. The van der Waals surface area contributed by atoms with E-state index in [-0.39, 0.29) is 6.10 Å². The Kier molecular flexibility index (Phi) is 4.51. The van der Waals surface area contributed by atoms with Crippen LogP contribution in [0.3, 0.4) is 0 Å². The number of pyridine rings is 1. The van der Waals surface area contributed by atoms with E-state index in [9.17, 15) is 0 Å². The highest BCUT2D eigenvalue weighted by Crippen LogP contribution is 2.33. The molecule has 3 heteroatoms. The monoisotopic (exact) mass is 282 g/mol. The maximum atomic E-state index is 6.23. The quantitative estimate of drug-likeness (QED) is 0.909. The minimum Gasteiger partial charge on any atom is -0.486 e. The fourth-order valence-corrected chi connectivity index (χ4v) is 2.88. The third kappa shape index (κ3) is 3.42. The van der Waals surface area contributed by atoms with Gasteiger partial charge in [-0.1, -0.05) is 31.2 Å². The first-order valence-corrected chi connectivity index (χ1v) is 7.77. The number of nitrogens with zero attached hydrogens (tertiary/aromatic N) is 1. The Hall–Kier alpha value is -1.87. The Bertz CT molecular complexity index is 597. The minimum absolute atomic E-state index is 0.171. The molecule has 1 N–H and O–H groups in total. The first-order chi connectivity index (χ1) is 10.4. The van der Waals surface area contributed by atoms with E-state index in [2.05, 4.69) is 41.5 Å². The molecule has 1 aromatic carbocycles. The standard InChI is InChI=1S/C18H22N2O/c1-2-19-13-15-12-16(10-11-20-15)21-18-9-5-7-14-6-3-4-8-17(14)18/h3-4,6,8,10-12,18-19H,2,5,7,9,13H2,1H3. The number of benzene rings is 1. The summed E-state index contributed by atoms with van der Waals surface area (Å²) in [6.07, 6.45) is 5.44. The molecule has 2 aromatic rings. The van der Waals surface area contributed by atoms with Crippen molar-refractivity contribution in [3.05, 3.63) is 59.4 Å². The fraction of sp³-hybridized carbons (Fsp3) is 0.389. The second-order valence-corrected chi connectivity index (χ2v) is 5.46. The summed E-state index contributed by atoms with van der Waals surface area (Å²) in [5.74, 6) is 0.916. The zero-order valence-electron chi connectivity index (χ0n) is 12.5. The first kappa shape index (κ1) is 14.1. The molecule has 1 unspecified atom stereocenters. The lowest BCUT2D eigenvalue weighted by atomic mass is 9.89. The molecular weight excluding hydrogens is 260 g/mol. The van der Waals surface area contributed by atoms with E-state index >= 15 is 0 Å². The Morgan fingerprint density at radius 2 is 2.19 bits per heavy atom. The Balaban J connectivity index is 1.75. The van der Waals surface area contributed by atoms with Gasteiger partial charge in [-0.3, -0.25) is 4.98 Å². The molecule has 1 heterocycles. The number of rotatable bonds is 5. The number of hydrogen-bond acceptors (Lipinski definition) is 3. The largest absolute Gasteiger partial charge is 0.486 e. The molecule has 0 radical (unpaired) electrons. The van der Waals surface area contributed by atoms with Crippen LogP contribution in [0.1, 0.15) is 42.7 Å². The number of hydrogen-bond donors (Lipinski definition) is 1. The molecule has 1 aromatic heterocycles. The van der Waals surface area contributed by atoms with Gasteiger partial charge in [0.25, 0.3) is 0 Å². The Labute approximate surface area is 126 Å². The normalized spacial score (nSPS) is 17.3. The zero-order valence-corrected chi connectivity index (χ0v) is 12.5. The van der Waals surface area contributed by atoms with Gasteiger partial charge in [0.15, 0.2) is 0 Å². The van der Waals surface area contributed by atoms with Crippen molar-refractivity contribution in [1.82, 2.24) is 10.3 Å². The summed E-state index contributed by atoms with van der Waals surface area (Å²) in [7, 11) is 0. The van der Waals surface area contributed by atoms with Gasteiger partial charge in [0.2, 0.25) is 0 Å². The summed E-state index contributed by atoms with van der Waals surface area (Å²) < 4.78 is 6.23. The predicted molar refractivity (Wildman–Crippen MR) is 84.4 cm³/mol. The predicted octanol–water partition coefficient (Wildman–Crippen LogP) is 3.65. The van der Waals surface area contributed by atoms with Crippen LogP contribution in [-0.2, 0) is 13.0 Å². The van der Waals surface area contributed by atoms with Gasteiger partial charge >= 0.3 is 0 Å². The summed E-state index contributed by atoms with van der Waals surface area (Å²) in [5.41, 5.74) is 3.79. The van der Waals surface area contributed by atoms with E-state index in [0.29, 0.717) is 0 Å². The molecule has 0 bridgehead atoms. The summed E-state index contributed by atoms with van der Waals surface area (Å²) >= 11 is 0. The van der Waals surface area contributed by atoms with E-state index < -0.39 is 0 Å². The van der Waals surface area contributed by atoms with Crippen molar-refractivity contribution in [3.63, 3.8) is 0 Å². The van der Waals surface area contributed by atoms with Gasteiger partial charge in [-0.25, -0.2) is 0 Å². The van der Waals surface area contributed by atoms with E-state index in [1.807, 2.05) is 18.3 Å². The lowest BCUT2D eigenvalue weighted by Gasteiger charge is -2.26. The van der Waals surface area contributed by atoms with Gasteiger partial charge in [-0.2, -0.15) is 0 Å². The van der Waals surface area contributed by atoms with Gasteiger partial charge in [-0.15, -0.1) is 0 Å². The number of nitrogens with one attached hydrogen (secondary N) is 1. The summed E-state index contributed by atoms with van der Waals surface area (Å²) in [4.78, 5) is 4.37. The van der Waals surface area contributed by atoms with Gasteiger partial charge in [-0.05, 0) is 43.0 Å². The van der Waals surface area contributed by atoms with Crippen LogP contribution >= 0.6 is 0 Å². The van der Waals surface area contributed by atoms with Crippen LogP contribution in [0.15, 0.2) is 42.6 Å². The molecule has 1 aliphatic carbocycles. The maximum Gasteiger partial charge on any atom is 0.124 e. The Morgan fingerprint density at radius 1 is 1.29 bits per heavy atom. The molecule has 0 saturated heterocycles. The van der Waals surface area contributed by atoms with Crippen molar-refractivity contribution in [2.24, 2.45) is 0 Å². The third-order valence-electron chi connectivity index (χ3n) is 3.94. The van der Waals surface area contributed by atoms with E-state index in [1.54, 1.807) is 0 Å². The second kappa shape index (κ2) is 6.72. The lowest BCUT2D eigenvalue weighted by Crippen LogP contribution is -2.16. The smallest absolute Gasteiger partial charge is 0.124 e. The number of aromatic nitrogens is 1. The highest BCUT2D eigenvalue weighted by Gasteiger charge is 2.21. The minimum atomic E-state index is 0.171. The van der Waals surface area contributed by atoms with E-state index in [4.69, 9.17) is 4.74 Å². The molecule has 1 atom stereocenters. The van der Waals surface area contributed by atoms with Gasteiger partial charge in [0.05, 0.1) is 5.69 Å². The number of aryl methyl sites for hydroxylation is 1. The van der Waals surface area contributed by atoms with Crippen molar-refractivity contribution in [2.75, 3.05) is 6.54 Å². The van der Waals surface area contributed by atoms with Gasteiger partial charge in [0.1, 0.15) is 11.9 Å². The number of fused-ring (bicyclic) bond motifs is 1. The van der Waals surface area contributed by atoms with Crippen LogP contribution in [-0.4, -0.2) is 11.5 Å². The van der Waals surface area contributed by atoms with Crippen LogP contribution < -0.4 is 10.1 Å². The molecule has 1 aliphatic rings. The molecule has 0 saturated carbocycles. The van der Waals surface area contributed by atoms with Crippen molar-refractivity contribution in [2.45, 2.75) is 38.8 Å². The maximum absolute atomic E-state index is 6.23. The molecule has 3 nitrogen and oxygen atoms in total. The molecular formula is C18H22N2O. The average molecular weight is 282 g/mol. The van der Waals surface area contributed by atoms with Crippen molar-refractivity contribution in [3.8, 4) is 5.75 Å². The van der Waals surface area contributed by atoms with Crippen LogP contribution in [0.25, 0.3) is 0 Å². The molecule has 0 fully saturated rings. The van der Waals surface area contributed by atoms with Crippen LogP contribution in [0, 0.1) is 0 Å². The molecule has 0 amide bonds. The Morgan fingerprint density at radius 3 is 3.10 bits per heavy atom. The molecule has 0 aliphatic heterocycles. The summed E-state index contributed by atoms with van der Waals surface area (Å²) in [6, 6.07) is 12.6. The molecule has 0 spiro atoms. The average Bonchev–Trinajstić information content (AvgIpc) is 2.54. The molecule has 21 heavy (non-hydrogen) atoms. The molecule has 3 rings (SSSR count). The first-order valence-electron chi connectivity index (χ1n) is 7.77. The van der Waals surface area contributed by atoms with Crippen LogP contribution in [0.4, 0.5) is 0 Å².